The minimum absolute atomic E-state index is 0. The molecule has 0 saturated carbocycles. The number of hydrogen-bond donors (Lipinski definition) is 2. The molecule has 2 N–H and O–H groups in total. The van der Waals surface area contributed by atoms with Crippen molar-refractivity contribution in [1.82, 2.24) is 25.3 Å². The molecule has 0 bridgehead atoms. The Morgan fingerprint density at radius 1 is 1.24 bits per heavy atom. The van der Waals surface area contributed by atoms with E-state index in [1.165, 1.54) is 5.56 Å². The van der Waals surface area contributed by atoms with Crippen molar-refractivity contribution >= 4 is 29.9 Å². The Morgan fingerprint density at radius 3 is 2.62 bits per heavy atom. The van der Waals surface area contributed by atoms with Crippen LogP contribution in [0.1, 0.15) is 11.6 Å². The molecule has 1 fully saturated rings. The fourth-order valence-corrected chi connectivity index (χ4v) is 3.31. The normalized spacial score (nSPS) is 16.0. The molecule has 1 aliphatic heterocycles. The van der Waals surface area contributed by atoms with E-state index >= 15 is 0 Å². The predicted molar refractivity (Wildman–Crippen MR) is 125 cm³/mol. The molecule has 8 nitrogen and oxygen atoms in total. The van der Waals surface area contributed by atoms with Gasteiger partial charge in [-0.1, -0.05) is 12.1 Å². The van der Waals surface area contributed by atoms with Gasteiger partial charge in [0.15, 0.2) is 5.96 Å². The number of aromatic nitrogens is 2. The van der Waals surface area contributed by atoms with Crippen LogP contribution in [0.5, 0.6) is 5.75 Å². The molecule has 2 heterocycles. The molecule has 1 atom stereocenters. The molecular formula is C20H31IN6O2. The topological polar surface area (TPSA) is 75.9 Å². The van der Waals surface area contributed by atoms with E-state index in [9.17, 15) is 0 Å². The van der Waals surface area contributed by atoms with Gasteiger partial charge in [0.25, 0.3) is 0 Å². The van der Waals surface area contributed by atoms with Crippen LogP contribution in [0.15, 0.2) is 47.7 Å². The number of nitrogens with one attached hydrogen (secondary N) is 2. The minimum Gasteiger partial charge on any atom is -0.497 e. The first kappa shape index (κ1) is 23.4. The highest BCUT2D eigenvalue weighted by molar-refractivity contribution is 14.0. The Kier molecular flexibility index (Phi) is 10.2. The van der Waals surface area contributed by atoms with Crippen molar-refractivity contribution in [3.05, 3.63) is 48.3 Å². The highest BCUT2D eigenvalue weighted by Gasteiger charge is 2.23. The van der Waals surface area contributed by atoms with Crippen molar-refractivity contribution in [2.45, 2.75) is 12.6 Å². The number of hydrogen-bond acceptors (Lipinski definition) is 5. The zero-order valence-corrected chi connectivity index (χ0v) is 19.4. The minimum atomic E-state index is 0. The van der Waals surface area contributed by atoms with E-state index in [4.69, 9.17) is 9.47 Å². The molecule has 9 heteroatoms. The van der Waals surface area contributed by atoms with Crippen LogP contribution in [0.3, 0.4) is 0 Å². The smallest absolute Gasteiger partial charge is 0.191 e. The molecule has 1 aromatic heterocycles. The van der Waals surface area contributed by atoms with Gasteiger partial charge in [-0.05, 0) is 23.8 Å². The summed E-state index contributed by atoms with van der Waals surface area (Å²) in [6, 6.07) is 10.5. The number of rotatable bonds is 8. The molecule has 3 rings (SSSR count). The molecule has 1 aliphatic rings. The van der Waals surface area contributed by atoms with Crippen LogP contribution in [0, 0.1) is 0 Å². The Bertz CT molecular complexity index is 717. The van der Waals surface area contributed by atoms with Crippen LogP contribution in [0.4, 0.5) is 0 Å². The first-order chi connectivity index (χ1) is 13.8. The zero-order valence-electron chi connectivity index (χ0n) is 17.1. The first-order valence-electron chi connectivity index (χ1n) is 9.68. The Labute approximate surface area is 189 Å². The van der Waals surface area contributed by atoms with Crippen molar-refractivity contribution in [2.24, 2.45) is 4.99 Å². The third-order valence-electron chi connectivity index (χ3n) is 4.87. The van der Waals surface area contributed by atoms with Gasteiger partial charge in [-0.2, -0.15) is 5.10 Å². The number of benzene rings is 1. The molecule has 2 aromatic rings. The second-order valence-electron chi connectivity index (χ2n) is 6.59. The van der Waals surface area contributed by atoms with Crippen molar-refractivity contribution in [1.29, 1.82) is 0 Å². The number of aliphatic imine (C=N–C) groups is 1. The van der Waals surface area contributed by atoms with Crippen molar-refractivity contribution in [3.8, 4) is 5.75 Å². The summed E-state index contributed by atoms with van der Waals surface area (Å²) in [5, 5.41) is 11.0. The lowest BCUT2D eigenvalue weighted by Gasteiger charge is -2.35. The Balaban J connectivity index is 0.00000300. The van der Waals surface area contributed by atoms with Gasteiger partial charge in [-0.15, -0.1) is 24.0 Å². The summed E-state index contributed by atoms with van der Waals surface area (Å²) in [6.45, 7) is 5.68. The highest BCUT2D eigenvalue weighted by atomic mass is 127. The predicted octanol–water partition coefficient (Wildman–Crippen LogP) is 1.75. The summed E-state index contributed by atoms with van der Waals surface area (Å²) in [4.78, 5) is 6.80. The maximum absolute atomic E-state index is 5.53. The van der Waals surface area contributed by atoms with Crippen LogP contribution in [0.2, 0.25) is 0 Å². The number of methoxy groups -OCH3 is 1. The van der Waals surface area contributed by atoms with Crippen molar-refractivity contribution in [3.63, 3.8) is 0 Å². The van der Waals surface area contributed by atoms with Crippen LogP contribution in [0.25, 0.3) is 0 Å². The SMILES string of the molecule is CN=C(NCCn1cccn1)NCC(c1ccc(OC)cc1)N1CCOCC1.I. The molecule has 1 aromatic carbocycles. The monoisotopic (exact) mass is 514 g/mol. The largest absolute Gasteiger partial charge is 0.497 e. The van der Waals surface area contributed by atoms with Crippen LogP contribution < -0.4 is 15.4 Å². The Morgan fingerprint density at radius 2 is 2.00 bits per heavy atom. The van der Waals surface area contributed by atoms with E-state index in [1.54, 1.807) is 20.4 Å². The summed E-state index contributed by atoms with van der Waals surface area (Å²) in [5.74, 6) is 1.66. The second-order valence-corrected chi connectivity index (χ2v) is 6.59. The van der Waals surface area contributed by atoms with Gasteiger partial charge in [0.05, 0.1) is 32.9 Å². The molecule has 1 saturated heterocycles. The highest BCUT2D eigenvalue weighted by Crippen LogP contribution is 2.23. The summed E-state index contributed by atoms with van der Waals surface area (Å²) < 4.78 is 12.7. The van der Waals surface area contributed by atoms with Crippen LogP contribution in [-0.4, -0.2) is 74.2 Å². The van der Waals surface area contributed by atoms with E-state index in [0.29, 0.717) is 0 Å². The maximum Gasteiger partial charge on any atom is 0.191 e. The maximum atomic E-state index is 5.53. The van der Waals surface area contributed by atoms with Gasteiger partial charge < -0.3 is 20.1 Å². The zero-order chi connectivity index (χ0) is 19.6. The lowest BCUT2D eigenvalue weighted by molar-refractivity contribution is 0.0170. The number of halogens is 1. The molecule has 0 radical (unpaired) electrons. The molecule has 1 unspecified atom stereocenters. The quantitative estimate of drug-likeness (QED) is 0.318. The third kappa shape index (κ3) is 7.16. The van der Waals surface area contributed by atoms with E-state index in [1.807, 2.05) is 29.1 Å². The molecule has 0 aliphatic carbocycles. The van der Waals surface area contributed by atoms with Crippen molar-refractivity contribution < 1.29 is 9.47 Å². The summed E-state index contributed by atoms with van der Waals surface area (Å²) in [6.07, 6.45) is 3.74. The molecule has 160 valence electrons. The first-order valence-corrected chi connectivity index (χ1v) is 9.68. The number of guanidine groups is 1. The third-order valence-corrected chi connectivity index (χ3v) is 4.87. The van der Waals surface area contributed by atoms with Crippen LogP contribution in [-0.2, 0) is 11.3 Å². The van der Waals surface area contributed by atoms with Gasteiger partial charge in [-0.3, -0.25) is 14.6 Å². The van der Waals surface area contributed by atoms with Gasteiger partial charge in [0, 0.05) is 45.6 Å². The van der Waals surface area contributed by atoms with E-state index in [0.717, 1.165) is 57.6 Å². The van der Waals surface area contributed by atoms with Crippen molar-refractivity contribution in [2.75, 3.05) is 53.6 Å². The summed E-state index contributed by atoms with van der Waals surface area (Å²) in [5.41, 5.74) is 1.25. The van der Waals surface area contributed by atoms with Gasteiger partial charge in [0.1, 0.15) is 5.75 Å². The fraction of sp³-hybridized carbons (Fsp3) is 0.500. The summed E-state index contributed by atoms with van der Waals surface area (Å²) >= 11 is 0. The number of nitrogens with zero attached hydrogens (tertiary/aromatic N) is 4. The fourth-order valence-electron chi connectivity index (χ4n) is 3.31. The van der Waals surface area contributed by atoms with E-state index in [2.05, 4.69) is 37.8 Å². The average molecular weight is 514 g/mol. The second kappa shape index (κ2) is 12.7. The lowest BCUT2D eigenvalue weighted by atomic mass is 10.0. The van der Waals surface area contributed by atoms with Gasteiger partial charge in [-0.25, -0.2) is 0 Å². The Hall–Kier alpha value is -1.85. The number of ether oxygens (including phenoxy) is 2. The van der Waals surface area contributed by atoms with E-state index in [-0.39, 0.29) is 30.0 Å². The number of morpholine rings is 1. The molecule has 29 heavy (non-hydrogen) atoms. The summed E-state index contributed by atoms with van der Waals surface area (Å²) in [7, 11) is 3.48. The lowest BCUT2D eigenvalue weighted by Crippen LogP contribution is -2.46. The van der Waals surface area contributed by atoms with Gasteiger partial charge >= 0.3 is 0 Å². The van der Waals surface area contributed by atoms with Gasteiger partial charge in [0.2, 0.25) is 0 Å². The van der Waals surface area contributed by atoms with E-state index < -0.39 is 0 Å². The molecular weight excluding hydrogens is 483 g/mol. The standard InChI is InChI=1S/C20H30N6O2.HI/c1-21-20(22-9-11-26-10-3-8-24-26)23-16-19(25-12-14-28-15-13-25)17-4-6-18(27-2)7-5-17;/h3-8,10,19H,9,11-16H2,1-2H3,(H2,21,22,23);1H. The molecule has 0 spiro atoms. The average Bonchev–Trinajstić information content (AvgIpc) is 3.27. The van der Waals surface area contributed by atoms with Crippen LogP contribution >= 0.6 is 24.0 Å². The molecule has 0 amide bonds.